The number of hydrogen-bond acceptors (Lipinski definition) is 3. The summed E-state index contributed by atoms with van der Waals surface area (Å²) in [5.74, 6) is 0.729. The Morgan fingerprint density at radius 3 is 2.43 bits per heavy atom. The summed E-state index contributed by atoms with van der Waals surface area (Å²) in [6.45, 7) is 0.543. The molecule has 4 nitrogen and oxygen atoms in total. The van der Waals surface area contributed by atoms with Gasteiger partial charge < -0.3 is 14.9 Å². The zero-order chi connectivity index (χ0) is 15.4. The minimum absolute atomic E-state index is 0.0587. The van der Waals surface area contributed by atoms with E-state index in [2.05, 4.69) is 31.9 Å². The molecule has 2 aromatic rings. The molecule has 114 valence electrons. The molecule has 0 radical (unpaired) electrons. The highest BCUT2D eigenvalue weighted by Gasteiger charge is 2.14. The number of benzene rings is 1. The zero-order valence-electron chi connectivity index (χ0n) is 11.0. The molecule has 0 amide bonds. The number of ether oxygens (including phenoxy) is 1. The average Bonchev–Trinajstić information content (AvgIpc) is 2.79. The Kier molecular flexibility index (Phi) is 5.84. The summed E-state index contributed by atoms with van der Waals surface area (Å²) in [6.07, 6.45) is 0. The van der Waals surface area contributed by atoms with E-state index in [0.29, 0.717) is 23.6 Å². The lowest BCUT2D eigenvalue weighted by Crippen LogP contribution is -2.12. The number of alkyl halides is 3. The summed E-state index contributed by atoms with van der Waals surface area (Å²) in [6, 6.07) is 8.51. The fourth-order valence-electron chi connectivity index (χ4n) is 1.81. The third-order valence-electron chi connectivity index (χ3n) is 2.87. The van der Waals surface area contributed by atoms with Crippen molar-refractivity contribution >= 4 is 43.5 Å². The first-order valence-electron chi connectivity index (χ1n) is 6.18. The van der Waals surface area contributed by atoms with Crippen molar-refractivity contribution in [3.63, 3.8) is 0 Å². The molecule has 0 saturated heterocycles. The number of nitrogens with zero attached hydrogens (tertiary/aromatic N) is 1. The Labute approximate surface area is 144 Å². The standard InChI is InChI=1S/C14H14Br2ClNO3/c15-6-10(16)8-21-12-3-1-11(2-4-12)18-13(19)5-9(7-17)14(18)20/h1-5,10,19-20H,6-8H2. The first-order chi connectivity index (χ1) is 10.1. The lowest BCUT2D eigenvalue weighted by molar-refractivity contribution is 0.325. The number of hydrogen-bond donors (Lipinski definition) is 2. The first kappa shape index (κ1) is 16.5. The van der Waals surface area contributed by atoms with E-state index in [0.717, 1.165) is 5.33 Å². The molecule has 0 saturated carbocycles. The van der Waals surface area contributed by atoms with Crippen LogP contribution >= 0.6 is 43.5 Å². The molecular weight excluding hydrogens is 425 g/mol. The van der Waals surface area contributed by atoms with Gasteiger partial charge in [0.2, 0.25) is 5.88 Å². The summed E-state index contributed by atoms with van der Waals surface area (Å²) in [5.41, 5.74) is 1.11. The van der Waals surface area contributed by atoms with Gasteiger partial charge in [0.1, 0.15) is 12.4 Å². The zero-order valence-corrected chi connectivity index (χ0v) is 14.9. The maximum Gasteiger partial charge on any atom is 0.203 e. The Balaban J connectivity index is 2.17. The second-order valence-corrected chi connectivity index (χ2v) is 6.59. The number of aromatic nitrogens is 1. The van der Waals surface area contributed by atoms with E-state index >= 15 is 0 Å². The predicted octanol–water partition coefficient (Wildman–Crippen LogP) is 4.16. The van der Waals surface area contributed by atoms with Gasteiger partial charge in [0.25, 0.3) is 0 Å². The highest BCUT2D eigenvalue weighted by atomic mass is 79.9. The van der Waals surface area contributed by atoms with Crippen molar-refractivity contribution in [1.82, 2.24) is 4.57 Å². The van der Waals surface area contributed by atoms with Crippen LogP contribution in [0.15, 0.2) is 30.3 Å². The summed E-state index contributed by atoms with van der Waals surface area (Å²) in [4.78, 5) is 0.237. The van der Waals surface area contributed by atoms with Crippen LogP contribution in [0.4, 0.5) is 0 Å². The first-order valence-corrected chi connectivity index (χ1v) is 8.75. The van der Waals surface area contributed by atoms with Gasteiger partial charge >= 0.3 is 0 Å². The van der Waals surface area contributed by atoms with Crippen molar-refractivity contribution in [3.8, 4) is 23.2 Å². The Hall–Kier alpha value is -0.850. The SMILES string of the molecule is Oc1cc(CCl)c(O)n1-c1ccc(OCC(Br)CBr)cc1. The molecule has 1 heterocycles. The summed E-state index contributed by atoms with van der Waals surface area (Å²) < 4.78 is 6.93. The molecule has 0 fully saturated rings. The van der Waals surface area contributed by atoms with Crippen LogP contribution in [0.5, 0.6) is 17.5 Å². The van der Waals surface area contributed by atoms with Gasteiger partial charge in [-0.3, -0.25) is 4.57 Å². The monoisotopic (exact) mass is 437 g/mol. The molecule has 1 aromatic carbocycles. The predicted molar refractivity (Wildman–Crippen MR) is 90.7 cm³/mol. The molecule has 2 N–H and O–H groups in total. The van der Waals surface area contributed by atoms with Crippen molar-refractivity contribution in [2.45, 2.75) is 10.7 Å². The molecule has 0 bridgehead atoms. The molecule has 1 unspecified atom stereocenters. The quantitative estimate of drug-likeness (QED) is 0.665. The van der Waals surface area contributed by atoms with Crippen molar-refractivity contribution in [2.24, 2.45) is 0 Å². The van der Waals surface area contributed by atoms with E-state index in [1.807, 2.05) is 0 Å². The van der Waals surface area contributed by atoms with Gasteiger partial charge in [-0.15, -0.1) is 11.6 Å². The van der Waals surface area contributed by atoms with Gasteiger partial charge in [-0.05, 0) is 24.3 Å². The van der Waals surface area contributed by atoms with E-state index in [-0.39, 0.29) is 22.5 Å². The van der Waals surface area contributed by atoms with Crippen LogP contribution in [0.2, 0.25) is 0 Å². The van der Waals surface area contributed by atoms with Crippen LogP contribution in [0.3, 0.4) is 0 Å². The highest BCUT2D eigenvalue weighted by molar-refractivity contribution is 9.12. The van der Waals surface area contributed by atoms with E-state index in [1.165, 1.54) is 10.6 Å². The Morgan fingerprint density at radius 2 is 1.90 bits per heavy atom. The maximum absolute atomic E-state index is 10.0. The molecule has 1 atom stereocenters. The van der Waals surface area contributed by atoms with Crippen LogP contribution in [0, 0.1) is 0 Å². The van der Waals surface area contributed by atoms with Crippen molar-refractivity contribution in [1.29, 1.82) is 0 Å². The third-order valence-corrected chi connectivity index (χ3v) is 5.40. The van der Waals surface area contributed by atoms with Crippen molar-refractivity contribution in [2.75, 3.05) is 11.9 Å². The van der Waals surface area contributed by atoms with Crippen LogP contribution in [-0.4, -0.2) is 31.5 Å². The van der Waals surface area contributed by atoms with Gasteiger partial charge in [0.15, 0.2) is 5.88 Å². The maximum atomic E-state index is 10.0. The van der Waals surface area contributed by atoms with E-state index in [4.69, 9.17) is 16.3 Å². The van der Waals surface area contributed by atoms with Crippen LogP contribution in [0.25, 0.3) is 5.69 Å². The average molecular weight is 440 g/mol. The number of aromatic hydroxyl groups is 2. The summed E-state index contributed by atoms with van der Waals surface area (Å²) >= 11 is 12.5. The number of halogens is 3. The van der Waals surface area contributed by atoms with Gasteiger partial charge in [0.05, 0.1) is 16.4 Å². The van der Waals surface area contributed by atoms with E-state index in [9.17, 15) is 10.2 Å². The van der Waals surface area contributed by atoms with Gasteiger partial charge in [0, 0.05) is 17.0 Å². The van der Waals surface area contributed by atoms with Gasteiger partial charge in [-0.1, -0.05) is 31.9 Å². The lowest BCUT2D eigenvalue weighted by atomic mass is 10.3. The van der Waals surface area contributed by atoms with Crippen LogP contribution in [-0.2, 0) is 5.88 Å². The molecule has 21 heavy (non-hydrogen) atoms. The summed E-state index contributed by atoms with van der Waals surface area (Å²) in [7, 11) is 0. The van der Waals surface area contributed by atoms with Crippen LogP contribution in [0.1, 0.15) is 5.56 Å². The molecule has 0 aliphatic heterocycles. The van der Waals surface area contributed by atoms with E-state index in [1.54, 1.807) is 24.3 Å². The molecule has 1 aromatic heterocycles. The third kappa shape index (κ3) is 3.87. The number of rotatable bonds is 6. The van der Waals surface area contributed by atoms with Gasteiger partial charge in [-0.2, -0.15) is 0 Å². The smallest absolute Gasteiger partial charge is 0.203 e. The lowest BCUT2D eigenvalue weighted by Gasteiger charge is -2.11. The van der Waals surface area contributed by atoms with Crippen LogP contribution < -0.4 is 4.74 Å². The normalized spacial score (nSPS) is 12.3. The summed E-state index contributed by atoms with van der Waals surface area (Å²) in [5, 5.41) is 20.7. The molecule has 0 aliphatic rings. The highest BCUT2D eigenvalue weighted by Crippen LogP contribution is 2.32. The fraction of sp³-hybridized carbons (Fsp3) is 0.286. The molecule has 0 aliphatic carbocycles. The Bertz CT molecular complexity index is 601. The molecule has 0 spiro atoms. The Morgan fingerprint density at radius 1 is 1.24 bits per heavy atom. The topological polar surface area (TPSA) is 54.6 Å². The van der Waals surface area contributed by atoms with E-state index < -0.39 is 0 Å². The fourth-order valence-corrected chi connectivity index (χ4v) is 2.33. The van der Waals surface area contributed by atoms with Gasteiger partial charge in [-0.25, -0.2) is 0 Å². The minimum Gasteiger partial charge on any atom is -0.494 e. The minimum atomic E-state index is -0.0593. The second-order valence-electron chi connectivity index (χ2n) is 4.38. The largest absolute Gasteiger partial charge is 0.494 e. The molecular formula is C14H14Br2ClNO3. The van der Waals surface area contributed by atoms with Crippen molar-refractivity contribution in [3.05, 3.63) is 35.9 Å². The van der Waals surface area contributed by atoms with Crippen molar-refractivity contribution < 1.29 is 14.9 Å². The molecule has 2 rings (SSSR count). The second kappa shape index (κ2) is 7.42. The molecule has 7 heteroatoms.